The van der Waals surface area contributed by atoms with Crippen LogP contribution < -0.4 is 10.2 Å². The number of nitrogens with zero attached hydrogens (tertiary/aromatic N) is 4. The van der Waals surface area contributed by atoms with Crippen molar-refractivity contribution in [1.29, 1.82) is 0 Å². The van der Waals surface area contributed by atoms with Crippen LogP contribution in [0, 0.1) is 0 Å². The van der Waals surface area contributed by atoms with Gasteiger partial charge in [0.1, 0.15) is 0 Å². The van der Waals surface area contributed by atoms with E-state index in [2.05, 4.69) is 63.8 Å². The lowest BCUT2D eigenvalue weighted by atomic mass is 10.1. The predicted molar refractivity (Wildman–Crippen MR) is 124 cm³/mol. The third kappa shape index (κ3) is 4.95. The number of amides is 1. The van der Waals surface area contributed by atoms with Crippen molar-refractivity contribution in [3.8, 4) is 0 Å². The highest BCUT2D eigenvalue weighted by Crippen LogP contribution is 2.22. The summed E-state index contributed by atoms with van der Waals surface area (Å²) in [5.74, 6) is 1.25. The average molecular weight is 426 g/mol. The molecule has 2 saturated heterocycles. The number of carbonyl (C=O) groups excluding carboxylic acids is 1. The second-order valence-corrected chi connectivity index (χ2v) is 8.71. The van der Waals surface area contributed by atoms with Crippen LogP contribution in [-0.4, -0.2) is 60.9 Å². The Morgan fingerprint density at radius 1 is 1.07 bits per heavy atom. The molecule has 1 N–H and O–H groups in total. The van der Waals surface area contributed by atoms with Crippen molar-refractivity contribution in [2.45, 2.75) is 32.9 Å². The van der Waals surface area contributed by atoms with Crippen LogP contribution in [0.1, 0.15) is 30.9 Å². The number of aliphatic imine (C=N–C) groups is 1. The largest absolute Gasteiger partial charge is 0.360 e. The van der Waals surface area contributed by atoms with E-state index in [1.165, 1.54) is 16.1 Å². The first-order chi connectivity index (χ1) is 14.7. The summed E-state index contributed by atoms with van der Waals surface area (Å²) in [5, 5.41) is 6.96. The summed E-state index contributed by atoms with van der Waals surface area (Å²) in [7, 11) is 0. The highest BCUT2D eigenvalue weighted by Gasteiger charge is 2.22. The summed E-state index contributed by atoms with van der Waals surface area (Å²) in [6.45, 7) is 9.12. The highest BCUT2D eigenvalue weighted by atomic mass is 32.1. The minimum atomic E-state index is 0.269. The third-order valence-electron chi connectivity index (χ3n) is 5.78. The monoisotopic (exact) mass is 425 g/mol. The molecule has 0 atom stereocenters. The second-order valence-electron chi connectivity index (χ2n) is 7.78. The maximum atomic E-state index is 12.0. The Labute approximate surface area is 183 Å². The summed E-state index contributed by atoms with van der Waals surface area (Å²) >= 11 is 1.81. The van der Waals surface area contributed by atoms with Gasteiger partial charge in [0, 0.05) is 52.2 Å². The van der Waals surface area contributed by atoms with Crippen molar-refractivity contribution in [3.05, 3.63) is 52.9 Å². The first-order valence-electron chi connectivity index (χ1n) is 10.9. The molecule has 1 aromatic heterocycles. The summed E-state index contributed by atoms with van der Waals surface area (Å²) in [6, 6.07) is 12.7. The summed E-state index contributed by atoms with van der Waals surface area (Å²) < 4.78 is 0. The SMILES string of the molecule is CCNC(=NCc1ccccc1CN1CCCC1=O)N1CCN(c2cccs2)CC1. The molecule has 0 radical (unpaired) electrons. The van der Waals surface area contributed by atoms with Crippen LogP contribution in [0.3, 0.4) is 0 Å². The molecule has 2 aromatic rings. The van der Waals surface area contributed by atoms with Gasteiger partial charge in [0.15, 0.2) is 5.96 Å². The molecule has 0 unspecified atom stereocenters. The van der Waals surface area contributed by atoms with Crippen LogP contribution in [0.25, 0.3) is 0 Å². The van der Waals surface area contributed by atoms with Gasteiger partial charge in [0.05, 0.1) is 11.5 Å². The van der Waals surface area contributed by atoms with Gasteiger partial charge < -0.3 is 20.0 Å². The van der Waals surface area contributed by atoms with Gasteiger partial charge >= 0.3 is 0 Å². The Hall–Kier alpha value is -2.54. The molecular formula is C23H31N5OS. The number of piperazine rings is 1. The zero-order chi connectivity index (χ0) is 20.8. The lowest BCUT2D eigenvalue weighted by Crippen LogP contribution is -2.52. The molecule has 2 aliphatic rings. The lowest BCUT2D eigenvalue weighted by molar-refractivity contribution is -0.128. The number of thiophene rings is 1. The zero-order valence-corrected chi connectivity index (χ0v) is 18.5. The van der Waals surface area contributed by atoms with Crippen LogP contribution >= 0.6 is 11.3 Å². The topological polar surface area (TPSA) is 51.2 Å². The second kappa shape index (κ2) is 9.98. The molecule has 1 aromatic carbocycles. The van der Waals surface area contributed by atoms with E-state index in [1.54, 1.807) is 11.3 Å². The van der Waals surface area contributed by atoms with Gasteiger partial charge in [-0.15, -0.1) is 11.3 Å². The van der Waals surface area contributed by atoms with Crippen LogP contribution in [0.2, 0.25) is 0 Å². The maximum absolute atomic E-state index is 12.0. The van der Waals surface area contributed by atoms with E-state index < -0.39 is 0 Å². The molecule has 6 nitrogen and oxygen atoms in total. The molecule has 3 heterocycles. The number of anilines is 1. The van der Waals surface area contributed by atoms with Gasteiger partial charge in [-0.05, 0) is 42.0 Å². The van der Waals surface area contributed by atoms with Gasteiger partial charge in [-0.1, -0.05) is 24.3 Å². The molecule has 0 spiro atoms. The number of rotatable bonds is 6. The van der Waals surface area contributed by atoms with Crippen molar-refractivity contribution in [2.75, 3.05) is 44.2 Å². The number of nitrogens with one attached hydrogen (secondary N) is 1. The summed E-state index contributed by atoms with van der Waals surface area (Å²) in [6.07, 6.45) is 1.66. The van der Waals surface area contributed by atoms with E-state index in [0.717, 1.165) is 51.6 Å². The number of likely N-dealkylation sites (tertiary alicyclic amines) is 1. The number of carbonyl (C=O) groups is 1. The minimum absolute atomic E-state index is 0.269. The number of hydrogen-bond donors (Lipinski definition) is 1. The Balaban J connectivity index is 1.41. The first-order valence-corrected chi connectivity index (χ1v) is 11.8. The van der Waals surface area contributed by atoms with Gasteiger partial charge in [-0.25, -0.2) is 4.99 Å². The number of benzene rings is 1. The molecule has 30 heavy (non-hydrogen) atoms. The van der Waals surface area contributed by atoms with Crippen molar-refractivity contribution in [1.82, 2.24) is 15.1 Å². The Kier molecular flexibility index (Phi) is 6.89. The van der Waals surface area contributed by atoms with E-state index in [1.807, 2.05) is 4.90 Å². The first kappa shape index (κ1) is 20.7. The zero-order valence-electron chi connectivity index (χ0n) is 17.7. The normalized spacial score (nSPS) is 17.7. The van der Waals surface area contributed by atoms with Crippen molar-refractivity contribution in [2.24, 2.45) is 4.99 Å². The predicted octanol–water partition coefficient (Wildman–Crippen LogP) is 3.16. The van der Waals surface area contributed by atoms with Crippen molar-refractivity contribution < 1.29 is 4.79 Å². The molecular weight excluding hydrogens is 394 g/mol. The average Bonchev–Trinajstić information content (AvgIpc) is 3.45. The molecule has 1 amide bonds. The molecule has 0 saturated carbocycles. The molecule has 0 bridgehead atoms. The van der Waals surface area contributed by atoms with Gasteiger partial charge in [0.25, 0.3) is 0 Å². The van der Waals surface area contributed by atoms with E-state index in [-0.39, 0.29) is 5.91 Å². The Morgan fingerprint density at radius 2 is 1.87 bits per heavy atom. The standard InChI is InChI=1S/C23H31N5OS/c1-2-24-23(27-14-12-26(13-15-27)22-10-6-16-30-22)25-17-19-7-3-4-8-20(19)18-28-11-5-9-21(28)29/h3-4,6-8,10,16H,2,5,9,11-15,17-18H2,1H3,(H,24,25). The molecule has 160 valence electrons. The quantitative estimate of drug-likeness (QED) is 0.571. The summed E-state index contributed by atoms with van der Waals surface area (Å²) in [5.41, 5.74) is 2.40. The Bertz CT molecular complexity index is 858. The summed E-state index contributed by atoms with van der Waals surface area (Å²) in [4.78, 5) is 23.8. The molecule has 7 heteroatoms. The highest BCUT2D eigenvalue weighted by molar-refractivity contribution is 7.14. The van der Waals surface area contributed by atoms with Crippen LogP contribution in [0.4, 0.5) is 5.00 Å². The van der Waals surface area contributed by atoms with E-state index >= 15 is 0 Å². The number of hydrogen-bond acceptors (Lipinski definition) is 4. The fourth-order valence-corrected chi connectivity index (χ4v) is 4.90. The van der Waals surface area contributed by atoms with Crippen LogP contribution in [-0.2, 0) is 17.9 Å². The van der Waals surface area contributed by atoms with Gasteiger partial charge in [0.2, 0.25) is 5.91 Å². The maximum Gasteiger partial charge on any atom is 0.222 e. The lowest BCUT2D eigenvalue weighted by Gasteiger charge is -2.37. The Morgan fingerprint density at radius 3 is 2.53 bits per heavy atom. The fourth-order valence-electron chi connectivity index (χ4n) is 4.12. The minimum Gasteiger partial charge on any atom is -0.360 e. The van der Waals surface area contributed by atoms with Crippen molar-refractivity contribution >= 4 is 28.2 Å². The third-order valence-corrected chi connectivity index (χ3v) is 6.71. The molecule has 2 fully saturated rings. The number of guanidine groups is 1. The molecule has 2 aliphatic heterocycles. The van der Waals surface area contributed by atoms with Gasteiger partial charge in [-0.3, -0.25) is 4.79 Å². The van der Waals surface area contributed by atoms with Crippen molar-refractivity contribution in [3.63, 3.8) is 0 Å². The van der Waals surface area contributed by atoms with Crippen LogP contribution in [0.5, 0.6) is 0 Å². The smallest absolute Gasteiger partial charge is 0.222 e. The van der Waals surface area contributed by atoms with E-state index in [4.69, 9.17) is 4.99 Å². The van der Waals surface area contributed by atoms with Gasteiger partial charge in [-0.2, -0.15) is 0 Å². The van der Waals surface area contributed by atoms with Crippen LogP contribution in [0.15, 0.2) is 46.8 Å². The molecule has 0 aliphatic carbocycles. The van der Waals surface area contributed by atoms with E-state index in [9.17, 15) is 4.79 Å². The fraction of sp³-hybridized carbons (Fsp3) is 0.478. The molecule has 4 rings (SSSR count). The van der Waals surface area contributed by atoms with E-state index in [0.29, 0.717) is 19.5 Å².